The van der Waals surface area contributed by atoms with Crippen LogP contribution >= 0.6 is 0 Å². The molecule has 2 unspecified atom stereocenters. The van der Waals surface area contributed by atoms with E-state index < -0.39 is 11.0 Å². The van der Waals surface area contributed by atoms with E-state index in [0.717, 1.165) is 5.56 Å². The number of hydrogen-bond donors (Lipinski definition) is 2. The number of nitrogens with zero attached hydrogens (tertiary/aromatic N) is 1. The van der Waals surface area contributed by atoms with Gasteiger partial charge in [-0.3, -0.25) is 10.1 Å². The molecule has 0 fully saturated rings. The van der Waals surface area contributed by atoms with Gasteiger partial charge in [0.05, 0.1) is 31.3 Å². The molecule has 0 aliphatic heterocycles. The van der Waals surface area contributed by atoms with Crippen molar-refractivity contribution in [1.82, 2.24) is 0 Å². The van der Waals surface area contributed by atoms with Crippen molar-refractivity contribution in [3.05, 3.63) is 93.5 Å². The van der Waals surface area contributed by atoms with Gasteiger partial charge >= 0.3 is 0 Å². The van der Waals surface area contributed by atoms with Crippen molar-refractivity contribution in [3.8, 4) is 11.5 Å². The van der Waals surface area contributed by atoms with Crippen molar-refractivity contribution < 1.29 is 19.5 Å². The maximum absolute atomic E-state index is 11.2. The lowest BCUT2D eigenvalue weighted by molar-refractivity contribution is -0.384. The van der Waals surface area contributed by atoms with Crippen molar-refractivity contribution in [2.24, 2.45) is 0 Å². The number of nitrogens with one attached hydrogen (secondary N) is 1. The summed E-state index contributed by atoms with van der Waals surface area (Å²) in [5, 5.41) is 25.6. The summed E-state index contributed by atoms with van der Waals surface area (Å²) in [7, 11) is 3.12. The summed E-state index contributed by atoms with van der Waals surface area (Å²) in [5.74, 6) is 1.53. The fourth-order valence-corrected chi connectivity index (χ4v) is 3.72. The van der Waals surface area contributed by atoms with E-state index in [2.05, 4.69) is 31.3 Å². The normalized spacial score (nSPS) is 12.8. The summed E-state index contributed by atoms with van der Waals surface area (Å²) in [4.78, 5) is 10.8. The fraction of sp³-hybridized carbons (Fsp3) is 0.308. The molecule has 3 rings (SSSR count). The zero-order valence-electron chi connectivity index (χ0n) is 19.3. The number of non-ortho nitro benzene ring substituents is 1. The van der Waals surface area contributed by atoms with Crippen molar-refractivity contribution in [3.63, 3.8) is 0 Å². The average molecular weight is 451 g/mol. The smallest absolute Gasteiger partial charge is 0.271 e. The van der Waals surface area contributed by atoms with Crippen molar-refractivity contribution in [2.45, 2.75) is 38.3 Å². The number of nitro groups is 1. The molecule has 0 amide bonds. The highest BCUT2D eigenvalue weighted by Crippen LogP contribution is 2.35. The maximum Gasteiger partial charge on any atom is 0.271 e. The van der Waals surface area contributed by atoms with E-state index in [1.807, 2.05) is 12.1 Å². The Balaban J connectivity index is 1.91. The Morgan fingerprint density at radius 1 is 0.909 bits per heavy atom. The van der Waals surface area contributed by atoms with E-state index in [1.165, 1.54) is 17.7 Å². The number of aliphatic hydroxyl groups excluding tert-OH is 1. The van der Waals surface area contributed by atoms with E-state index in [9.17, 15) is 15.2 Å². The van der Waals surface area contributed by atoms with Crippen molar-refractivity contribution in [2.75, 3.05) is 19.5 Å². The predicted molar refractivity (Wildman–Crippen MR) is 129 cm³/mol. The molecule has 2 N–H and O–H groups in total. The quantitative estimate of drug-likeness (QED) is 0.290. The van der Waals surface area contributed by atoms with E-state index in [0.29, 0.717) is 35.1 Å². The van der Waals surface area contributed by atoms with E-state index >= 15 is 0 Å². The minimum Gasteiger partial charge on any atom is -0.493 e. The second kappa shape index (κ2) is 10.8. The highest BCUT2D eigenvalue weighted by molar-refractivity contribution is 5.52. The van der Waals surface area contributed by atoms with Gasteiger partial charge in [-0.25, -0.2) is 0 Å². The first-order chi connectivity index (χ1) is 15.8. The number of hydrogen-bond acceptors (Lipinski definition) is 6. The number of methoxy groups -OCH3 is 2. The lowest BCUT2D eigenvalue weighted by atomic mass is 9.94. The highest BCUT2D eigenvalue weighted by Gasteiger charge is 2.20. The molecule has 3 aromatic rings. The molecule has 0 aromatic heterocycles. The Morgan fingerprint density at radius 2 is 1.55 bits per heavy atom. The van der Waals surface area contributed by atoms with Gasteiger partial charge in [-0.2, -0.15) is 0 Å². The minimum absolute atomic E-state index is 0.00865. The number of nitro benzene ring substituents is 1. The Kier molecular flexibility index (Phi) is 7.90. The van der Waals surface area contributed by atoms with E-state index in [1.54, 1.807) is 44.6 Å². The van der Waals surface area contributed by atoms with Crippen LogP contribution in [0.5, 0.6) is 11.5 Å². The first-order valence-electron chi connectivity index (χ1n) is 10.8. The Bertz CT molecular complexity index is 1080. The zero-order valence-corrected chi connectivity index (χ0v) is 19.3. The van der Waals surface area contributed by atoms with Crippen molar-refractivity contribution >= 4 is 11.4 Å². The Labute approximate surface area is 194 Å². The van der Waals surface area contributed by atoms with Gasteiger partial charge in [-0.05, 0) is 40.8 Å². The summed E-state index contributed by atoms with van der Waals surface area (Å²) in [6.45, 7) is 4.27. The average Bonchev–Trinajstić information content (AvgIpc) is 2.83. The van der Waals surface area contributed by atoms with Crippen LogP contribution in [0.3, 0.4) is 0 Å². The minimum atomic E-state index is -0.800. The predicted octanol–water partition coefficient (Wildman–Crippen LogP) is 6.01. The maximum atomic E-state index is 11.2. The molecule has 0 heterocycles. The number of anilines is 1. The lowest BCUT2D eigenvalue weighted by Gasteiger charge is -2.24. The van der Waals surface area contributed by atoms with Gasteiger partial charge in [-0.15, -0.1) is 0 Å². The largest absolute Gasteiger partial charge is 0.493 e. The standard InChI is InChI=1S/C26H30N2O5/c1-17(2)18-8-10-19(11-9-18)23(27-21-6-5-7-22(15-21)28(30)31)16-24(29)20-12-13-25(32-3)26(14-20)33-4/h5-15,17,23-24,27,29H,16H2,1-4H3. The molecular formula is C26H30N2O5. The summed E-state index contributed by atoms with van der Waals surface area (Å²) in [5.41, 5.74) is 3.51. The molecule has 0 aliphatic carbocycles. The summed E-state index contributed by atoms with van der Waals surface area (Å²) >= 11 is 0. The molecule has 7 heteroatoms. The second-order valence-corrected chi connectivity index (χ2v) is 8.19. The second-order valence-electron chi connectivity index (χ2n) is 8.19. The van der Waals surface area contributed by atoms with E-state index in [-0.39, 0.29) is 11.7 Å². The fourth-order valence-electron chi connectivity index (χ4n) is 3.72. The van der Waals surface area contributed by atoms with Crippen LogP contribution in [0.25, 0.3) is 0 Å². The third-order valence-corrected chi connectivity index (χ3v) is 5.65. The molecule has 7 nitrogen and oxygen atoms in total. The Hall–Kier alpha value is -3.58. The third kappa shape index (κ3) is 6.02. The molecule has 0 saturated carbocycles. The van der Waals surface area contributed by atoms with Crippen LogP contribution in [-0.2, 0) is 0 Å². The molecule has 0 saturated heterocycles. The zero-order chi connectivity index (χ0) is 24.0. The number of ether oxygens (including phenoxy) is 2. The monoisotopic (exact) mass is 450 g/mol. The van der Waals surface area contributed by atoms with Crippen LogP contribution in [0.15, 0.2) is 66.7 Å². The van der Waals surface area contributed by atoms with Crippen LogP contribution in [0, 0.1) is 10.1 Å². The first-order valence-corrected chi connectivity index (χ1v) is 10.8. The first kappa shape index (κ1) is 24.1. The Morgan fingerprint density at radius 3 is 2.15 bits per heavy atom. The molecule has 2 atom stereocenters. The van der Waals surface area contributed by atoms with Gasteiger partial charge in [0.15, 0.2) is 11.5 Å². The lowest BCUT2D eigenvalue weighted by Crippen LogP contribution is -2.15. The third-order valence-electron chi connectivity index (χ3n) is 5.65. The molecule has 0 radical (unpaired) electrons. The number of benzene rings is 3. The molecule has 174 valence electrons. The SMILES string of the molecule is COc1ccc(C(O)CC(Nc2cccc([N+](=O)[O-])c2)c2ccc(C(C)C)cc2)cc1OC. The molecule has 33 heavy (non-hydrogen) atoms. The van der Waals surface area contributed by atoms with Gasteiger partial charge in [0.1, 0.15) is 0 Å². The van der Waals surface area contributed by atoms with Crippen molar-refractivity contribution in [1.29, 1.82) is 0 Å². The van der Waals surface area contributed by atoms with Gasteiger partial charge < -0.3 is 19.9 Å². The van der Waals surface area contributed by atoms with Crippen LogP contribution in [0.1, 0.15) is 55.0 Å². The highest BCUT2D eigenvalue weighted by atomic mass is 16.6. The van der Waals surface area contributed by atoms with Crippen LogP contribution < -0.4 is 14.8 Å². The summed E-state index contributed by atoms with van der Waals surface area (Å²) < 4.78 is 10.7. The van der Waals surface area contributed by atoms with Gasteiger partial charge in [-0.1, -0.05) is 50.2 Å². The summed E-state index contributed by atoms with van der Waals surface area (Å²) in [6, 6.07) is 19.6. The molecule has 3 aromatic carbocycles. The van der Waals surface area contributed by atoms with E-state index in [4.69, 9.17) is 9.47 Å². The molecule has 0 bridgehead atoms. The topological polar surface area (TPSA) is 93.9 Å². The molecular weight excluding hydrogens is 420 g/mol. The van der Waals surface area contributed by atoms with Gasteiger partial charge in [0.25, 0.3) is 5.69 Å². The van der Waals surface area contributed by atoms with Crippen LogP contribution in [0.2, 0.25) is 0 Å². The van der Waals surface area contributed by atoms with Gasteiger partial charge in [0, 0.05) is 24.2 Å². The van der Waals surface area contributed by atoms with Gasteiger partial charge in [0.2, 0.25) is 0 Å². The molecule has 0 aliphatic rings. The number of aliphatic hydroxyl groups is 1. The van der Waals surface area contributed by atoms with Crippen LogP contribution in [0.4, 0.5) is 11.4 Å². The summed E-state index contributed by atoms with van der Waals surface area (Å²) in [6.07, 6.45) is -0.454. The number of rotatable bonds is 10. The van der Waals surface area contributed by atoms with Crippen LogP contribution in [-0.4, -0.2) is 24.2 Å². The molecule has 0 spiro atoms.